The van der Waals surface area contributed by atoms with Crippen LogP contribution in [-0.4, -0.2) is 14.5 Å². The second kappa shape index (κ2) is 4.26. The normalized spacial score (nSPS) is 11.6. The van der Waals surface area contributed by atoms with E-state index in [9.17, 15) is 5.11 Å². The van der Waals surface area contributed by atoms with E-state index < -0.39 is 0 Å². The van der Waals surface area contributed by atoms with E-state index in [0.29, 0.717) is 5.92 Å². The van der Waals surface area contributed by atoms with E-state index >= 15 is 0 Å². The Bertz CT molecular complexity index is 500. The number of aryl methyl sites for hydroxylation is 1. The van der Waals surface area contributed by atoms with Crippen LogP contribution in [0, 0.1) is 0 Å². The molecule has 0 saturated carbocycles. The number of imidazole rings is 1. The van der Waals surface area contributed by atoms with Gasteiger partial charge in [0, 0.05) is 12.1 Å². The fourth-order valence-corrected chi connectivity index (χ4v) is 1.95. The summed E-state index contributed by atoms with van der Waals surface area (Å²) in [4.78, 5) is 4.50. The van der Waals surface area contributed by atoms with Crippen molar-refractivity contribution in [2.24, 2.45) is 0 Å². The molecule has 0 spiro atoms. The minimum atomic E-state index is 0.00168. The first-order chi connectivity index (χ1) is 7.67. The van der Waals surface area contributed by atoms with E-state index in [-0.39, 0.29) is 6.61 Å². The van der Waals surface area contributed by atoms with Crippen LogP contribution in [0.15, 0.2) is 18.3 Å². The monoisotopic (exact) mass is 218 g/mol. The van der Waals surface area contributed by atoms with Gasteiger partial charge in [-0.15, -0.1) is 0 Å². The Kier molecular flexibility index (Phi) is 2.97. The summed E-state index contributed by atoms with van der Waals surface area (Å²) in [6.45, 7) is 6.38. The molecule has 0 aliphatic carbocycles. The number of aliphatic hydroxyl groups is 1. The Balaban J connectivity index is 2.70. The first-order valence-electron chi connectivity index (χ1n) is 5.78. The summed E-state index contributed by atoms with van der Waals surface area (Å²) in [5.74, 6) is 1.38. The van der Waals surface area contributed by atoms with Crippen molar-refractivity contribution >= 4 is 5.52 Å². The van der Waals surface area contributed by atoms with Crippen LogP contribution < -0.4 is 0 Å². The number of nitrogens with zero attached hydrogens (tertiary/aromatic N) is 2. The van der Waals surface area contributed by atoms with Gasteiger partial charge in [-0.3, -0.25) is 0 Å². The second-order valence-electron chi connectivity index (χ2n) is 4.38. The van der Waals surface area contributed by atoms with E-state index in [4.69, 9.17) is 0 Å². The van der Waals surface area contributed by atoms with E-state index in [2.05, 4.69) is 42.4 Å². The van der Waals surface area contributed by atoms with Gasteiger partial charge in [0.2, 0.25) is 0 Å². The van der Waals surface area contributed by atoms with Crippen molar-refractivity contribution in [1.82, 2.24) is 9.38 Å². The van der Waals surface area contributed by atoms with Crippen molar-refractivity contribution < 1.29 is 5.11 Å². The molecular formula is C13H18N2O. The Morgan fingerprint density at radius 2 is 2.12 bits per heavy atom. The van der Waals surface area contributed by atoms with Gasteiger partial charge >= 0.3 is 0 Å². The summed E-state index contributed by atoms with van der Waals surface area (Å²) in [6, 6.07) is 4.14. The lowest BCUT2D eigenvalue weighted by Gasteiger charge is -2.05. The van der Waals surface area contributed by atoms with Crippen molar-refractivity contribution in [2.45, 2.75) is 39.7 Å². The van der Waals surface area contributed by atoms with Gasteiger partial charge in [0.15, 0.2) is 0 Å². The average Bonchev–Trinajstić information content (AvgIpc) is 2.66. The molecule has 0 fully saturated rings. The molecule has 0 aliphatic rings. The molecule has 0 unspecified atom stereocenters. The molecule has 1 N–H and O–H groups in total. The van der Waals surface area contributed by atoms with E-state index in [1.807, 2.05) is 6.07 Å². The summed E-state index contributed by atoms with van der Waals surface area (Å²) < 4.78 is 2.11. The maximum atomic E-state index is 9.28. The maximum Gasteiger partial charge on any atom is 0.116 e. The lowest BCUT2D eigenvalue weighted by Crippen LogP contribution is -1.97. The molecule has 2 heterocycles. The van der Waals surface area contributed by atoms with Crippen molar-refractivity contribution in [3.63, 3.8) is 0 Å². The number of hydrogen-bond donors (Lipinski definition) is 1. The number of rotatable bonds is 3. The highest BCUT2D eigenvalue weighted by molar-refractivity contribution is 5.54. The Morgan fingerprint density at radius 3 is 2.69 bits per heavy atom. The Morgan fingerprint density at radius 1 is 1.38 bits per heavy atom. The van der Waals surface area contributed by atoms with Gasteiger partial charge in [-0.1, -0.05) is 26.8 Å². The van der Waals surface area contributed by atoms with Gasteiger partial charge in [0.1, 0.15) is 5.82 Å². The molecule has 2 aromatic heterocycles. The van der Waals surface area contributed by atoms with Crippen LogP contribution in [0.4, 0.5) is 0 Å². The van der Waals surface area contributed by atoms with Crippen LogP contribution in [0.1, 0.15) is 43.8 Å². The predicted molar refractivity (Wildman–Crippen MR) is 64.6 cm³/mol. The fourth-order valence-electron chi connectivity index (χ4n) is 1.95. The first-order valence-corrected chi connectivity index (χ1v) is 5.78. The van der Waals surface area contributed by atoms with Gasteiger partial charge < -0.3 is 9.51 Å². The van der Waals surface area contributed by atoms with E-state index in [0.717, 1.165) is 23.5 Å². The van der Waals surface area contributed by atoms with Gasteiger partial charge in [-0.25, -0.2) is 4.98 Å². The molecule has 0 amide bonds. The maximum absolute atomic E-state index is 9.28. The molecule has 0 saturated heterocycles. The molecule has 2 rings (SSSR count). The zero-order valence-electron chi connectivity index (χ0n) is 10.1. The predicted octanol–water partition coefficient (Wildman–Crippen LogP) is 2.51. The molecule has 0 bridgehead atoms. The highest BCUT2D eigenvalue weighted by Crippen LogP contribution is 2.20. The van der Waals surface area contributed by atoms with E-state index in [1.165, 1.54) is 5.56 Å². The van der Waals surface area contributed by atoms with Gasteiger partial charge in [-0.2, -0.15) is 0 Å². The third kappa shape index (κ3) is 1.71. The minimum Gasteiger partial charge on any atom is -0.390 e. The van der Waals surface area contributed by atoms with Gasteiger partial charge in [0.25, 0.3) is 0 Å². The molecular weight excluding hydrogens is 200 g/mol. The largest absolute Gasteiger partial charge is 0.390 e. The highest BCUT2D eigenvalue weighted by Gasteiger charge is 2.12. The number of hydrogen-bond acceptors (Lipinski definition) is 2. The fraction of sp³-hybridized carbons (Fsp3) is 0.462. The Labute approximate surface area is 95.8 Å². The number of pyridine rings is 1. The summed E-state index contributed by atoms with van der Waals surface area (Å²) in [7, 11) is 0. The second-order valence-corrected chi connectivity index (χ2v) is 4.38. The standard InChI is InChI=1S/C13H18N2O/c1-4-10-5-6-12-11(8-16)14-13(9(2)3)15(12)7-10/h5-7,9,16H,4,8H2,1-3H3. The molecule has 2 aromatic rings. The molecule has 0 aromatic carbocycles. The zero-order chi connectivity index (χ0) is 11.7. The summed E-state index contributed by atoms with van der Waals surface area (Å²) >= 11 is 0. The van der Waals surface area contributed by atoms with Crippen LogP contribution in [-0.2, 0) is 13.0 Å². The van der Waals surface area contributed by atoms with Crippen molar-refractivity contribution in [2.75, 3.05) is 0 Å². The summed E-state index contributed by atoms with van der Waals surface area (Å²) in [5, 5.41) is 9.28. The van der Waals surface area contributed by atoms with Crippen LogP contribution in [0.25, 0.3) is 5.52 Å². The minimum absolute atomic E-state index is 0.00168. The van der Waals surface area contributed by atoms with E-state index in [1.54, 1.807) is 0 Å². The van der Waals surface area contributed by atoms with Crippen molar-refractivity contribution in [3.05, 3.63) is 35.4 Å². The summed E-state index contributed by atoms with van der Waals surface area (Å²) in [6.07, 6.45) is 3.14. The number of aliphatic hydroxyl groups excluding tert-OH is 1. The van der Waals surface area contributed by atoms with Gasteiger partial charge in [-0.05, 0) is 18.1 Å². The molecule has 16 heavy (non-hydrogen) atoms. The molecule has 0 radical (unpaired) electrons. The quantitative estimate of drug-likeness (QED) is 0.859. The average molecular weight is 218 g/mol. The molecule has 3 heteroatoms. The SMILES string of the molecule is CCc1ccc2c(CO)nc(C(C)C)n2c1. The summed E-state index contributed by atoms with van der Waals surface area (Å²) in [5.41, 5.74) is 3.08. The third-order valence-corrected chi connectivity index (χ3v) is 2.88. The lowest BCUT2D eigenvalue weighted by atomic mass is 10.2. The third-order valence-electron chi connectivity index (χ3n) is 2.88. The molecule has 3 nitrogen and oxygen atoms in total. The topological polar surface area (TPSA) is 37.5 Å². The molecule has 0 atom stereocenters. The number of fused-ring (bicyclic) bond motifs is 1. The van der Waals surface area contributed by atoms with Gasteiger partial charge in [0.05, 0.1) is 17.8 Å². The van der Waals surface area contributed by atoms with Crippen LogP contribution in [0.5, 0.6) is 0 Å². The van der Waals surface area contributed by atoms with Crippen LogP contribution in [0.2, 0.25) is 0 Å². The smallest absolute Gasteiger partial charge is 0.116 e. The zero-order valence-corrected chi connectivity index (χ0v) is 10.1. The van der Waals surface area contributed by atoms with Crippen LogP contribution in [0.3, 0.4) is 0 Å². The number of aromatic nitrogens is 2. The van der Waals surface area contributed by atoms with Crippen LogP contribution >= 0.6 is 0 Å². The highest BCUT2D eigenvalue weighted by atomic mass is 16.3. The molecule has 86 valence electrons. The van der Waals surface area contributed by atoms with Crippen molar-refractivity contribution in [3.8, 4) is 0 Å². The Hall–Kier alpha value is -1.35. The first kappa shape index (κ1) is 11.1. The van der Waals surface area contributed by atoms with Crippen molar-refractivity contribution in [1.29, 1.82) is 0 Å². The lowest BCUT2D eigenvalue weighted by molar-refractivity contribution is 0.278. The molecule has 0 aliphatic heterocycles.